The fourth-order valence-electron chi connectivity index (χ4n) is 2.37. The summed E-state index contributed by atoms with van der Waals surface area (Å²) in [6, 6.07) is 7.00. The highest BCUT2D eigenvalue weighted by molar-refractivity contribution is 5.94. The molecule has 0 spiro atoms. The molecular weight excluding hydrogens is 256 g/mol. The second kappa shape index (κ2) is 6.93. The van der Waals surface area contributed by atoms with Crippen molar-refractivity contribution in [3.05, 3.63) is 29.8 Å². The van der Waals surface area contributed by atoms with Crippen LogP contribution in [-0.2, 0) is 4.79 Å². The van der Waals surface area contributed by atoms with Crippen LogP contribution in [0.2, 0.25) is 0 Å². The number of benzene rings is 1. The van der Waals surface area contributed by atoms with Crippen molar-refractivity contribution in [2.45, 2.75) is 38.1 Å². The molecule has 0 heterocycles. The van der Waals surface area contributed by atoms with Gasteiger partial charge in [0.15, 0.2) is 6.61 Å². The van der Waals surface area contributed by atoms with Crippen LogP contribution in [0, 0.1) is 0 Å². The molecule has 0 aromatic heterocycles. The molecule has 0 saturated heterocycles. The average Bonchev–Trinajstić information content (AvgIpc) is 2.46. The zero-order valence-electron chi connectivity index (χ0n) is 11.4. The van der Waals surface area contributed by atoms with E-state index in [0.29, 0.717) is 17.4 Å². The SMILES string of the molecule is NC(=O)COc1ccc(C(=O)NC2CCCCC2)cc1. The van der Waals surface area contributed by atoms with Gasteiger partial charge in [-0.25, -0.2) is 0 Å². The quantitative estimate of drug-likeness (QED) is 0.857. The maximum absolute atomic E-state index is 12.1. The minimum Gasteiger partial charge on any atom is -0.484 e. The van der Waals surface area contributed by atoms with Crippen molar-refractivity contribution >= 4 is 11.8 Å². The number of nitrogens with one attached hydrogen (secondary N) is 1. The van der Waals surface area contributed by atoms with Crippen molar-refractivity contribution < 1.29 is 14.3 Å². The minimum absolute atomic E-state index is 0.0571. The predicted octanol–water partition coefficient (Wildman–Crippen LogP) is 1.61. The highest BCUT2D eigenvalue weighted by Crippen LogP contribution is 2.18. The van der Waals surface area contributed by atoms with Gasteiger partial charge in [0.1, 0.15) is 5.75 Å². The molecule has 1 saturated carbocycles. The molecule has 5 nitrogen and oxygen atoms in total. The van der Waals surface area contributed by atoms with Crippen LogP contribution in [0.4, 0.5) is 0 Å². The molecule has 0 unspecified atom stereocenters. The van der Waals surface area contributed by atoms with E-state index in [9.17, 15) is 9.59 Å². The van der Waals surface area contributed by atoms with E-state index in [-0.39, 0.29) is 12.5 Å². The standard InChI is InChI=1S/C15H20N2O3/c16-14(18)10-20-13-8-6-11(7-9-13)15(19)17-12-4-2-1-3-5-12/h6-9,12H,1-5,10H2,(H2,16,18)(H,17,19). The molecule has 0 radical (unpaired) electrons. The molecule has 3 N–H and O–H groups in total. The first-order valence-electron chi connectivity index (χ1n) is 6.97. The van der Waals surface area contributed by atoms with E-state index >= 15 is 0 Å². The van der Waals surface area contributed by atoms with Crippen LogP contribution in [0.5, 0.6) is 5.75 Å². The van der Waals surface area contributed by atoms with E-state index in [2.05, 4.69) is 5.32 Å². The first-order chi connectivity index (χ1) is 9.65. The fraction of sp³-hybridized carbons (Fsp3) is 0.467. The van der Waals surface area contributed by atoms with Gasteiger partial charge in [0, 0.05) is 11.6 Å². The Labute approximate surface area is 118 Å². The van der Waals surface area contributed by atoms with Gasteiger partial charge in [-0.1, -0.05) is 19.3 Å². The molecule has 108 valence electrons. The summed E-state index contributed by atoms with van der Waals surface area (Å²) in [6.45, 7) is -0.159. The molecule has 1 aliphatic carbocycles. The van der Waals surface area contributed by atoms with Crippen LogP contribution in [0.15, 0.2) is 24.3 Å². The van der Waals surface area contributed by atoms with Crippen molar-refractivity contribution in [2.75, 3.05) is 6.61 Å². The molecule has 0 atom stereocenters. The van der Waals surface area contributed by atoms with Gasteiger partial charge in [-0.3, -0.25) is 9.59 Å². The van der Waals surface area contributed by atoms with Crippen molar-refractivity contribution in [2.24, 2.45) is 5.73 Å². The highest BCUT2D eigenvalue weighted by atomic mass is 16.5. The lowest BCUT2D eigenvalue weighted by atomic mass is 9.95. The zero-order valence-corrected chi connectivity index (χ0v) is 11.4. The number of hydrogen-bond acceptors (Lipinski definition) is 3. The molecule has 0 bridgehead atoms. The van der Waals surface area contributed by atoms with E-state index in [1.807, 2.05) is 0 Å². The van der Waals surface area contributed by atoms with Crippen LogP contribution < -0.4 is 15.8 Å². The van der Waals surface area contributed by atoms with Crippen molar-refractivity contribution in [3.63, 3.8) is 0 Å². The third kappa shape index (κ3) is 4.26. The molecular formula is C15H20N2O3. The van der Waals surface area contributed by atoms with Crippen LogP contribution in [0.3, 0.4) is 0 Å². The van der Waals surface area contributed by atoms with E-state index in [1.165, 1.54) is 19.3 Å². The summed E-state index contributed by atoms with van der Waals surface area (Å²) >= 11 is 0. The number of hydrogen-bond donors (Lipinski definition) is 2. The second-order valence-corrected chi connectivity index (χ2v) is 5.09. The van der Waals surface area contributed by atoms with Gasteiger partial charge < -0.3 is 15.8 Å². The molecule has 2 rings (SSSR count). The number of rotatable bonds is 5. The number of carbonyl (C=O) groups is 2. The molecule has 2 amide bonds. The average molecular weight is 276 g/mol. The Morgan fingerprint density at radius 2 is 1.80 bits per heavy atom. The Hall–Kier alpha value is -2.04. The van der Waals surface area contributed by atoms with E-state index < -0.39 is 5.91 Å². The third-order valence-corrected chi connectivity index (χ3v) is 3.44. The number of nitrogens with two attached hydrogens (primary N) is 1. The normalized spacial score (nSPS) is 15.6. The monoisotopic (exact) mass is 276 g/mol. The van der Waals surface area contributed by atoms with Gasteiger partial charge in [-0.15, -0.1) is 0 Å². The molecule has 5 heteroatoms. The lowest BCUT2D eigenvalue weighted by molar-refractivity contribution is -0.119. The van der Waals surface area contributed by atoms with Crippen LogP contribution in [-0.4, -0.2) is 24.5 Å². The summed E-state index contributed by atoms with van der Waals surface area (Å²) in [5.74, 6) is -0.0551. The van der Waals surface area contributed by atoms with Gasteiger partial charge >= 0.3 is 0 Å². The Bertz CT molecular complexity index is 465. The maximum Gasteiger partial charge on any atom is 0.255 e. The van der Waals surface area contributed by atoms with Gasteiger partial charge in [0.05, 0.1) is 0 Å². The number of ether oxygens (including phenoxy) is 1. The van der Waals surface area contributed by atoms with E-state index in [4.69, 9.17) is 10.5 Å². The summed E-state index contributed by atoms with van der Waals surface area (Å²) < 4.78 is 5.15. The summed E-state index contributed by atoms with van der Waals surface area (Å²) in [6.07, 6.45) is 5.76. The Balaban J connectivity index is 1.88. The fourth-order valence-corrected chi connectivity index (χ4v) is 2.37. The molecule has 1 fully saturated rings. The molecule has 1 aliphatic rings. The van der Waals surface area contributed by atoms with Crippen LogP contribution in [0.1, 0.15) is 42.5 Å². The topological polar surface area (TPSA) is 81.4 Å². The summed E-state index contributed by atoms with van der Waals surface area (Å²) in [5.41, 5.74) is 5.59. The van der Waals surface area contributed by atoms with Crippen molar-refractivity contribution in [1.82, 2.24) is 5.32 Å². The second-order valence-electron chi connectivity index (χ2n) is 5.09. The van der Waals surface area contributed by atoms with Gasteiger partial charge in [0.25, 0.3) is 11.8 Å². The molecule has 20 heavy (non-hydrogen) atoms. The highest BCUT2D eigenvalue weighted by Gasteiger charge is 2.16. The number of primary amides is 1. The van der Waals surface area contributed by atoms with Crippen LogP contribution in [0.25, 0.3) is 0 Å². The lowest BCUT2D eigenvalue weighted by Crippen LogP contribution is -2.36. The first-order valence-corrected chi connectivity index (χ1v) is 6.97. The number of carbonyl (C=O) groups excluding carboxylic acids is 2. The predicted molar refractivity (Wildman–Crippen MR) is 75.5 cm³/mol. The Morgan fingerprint density at radius 1 is 1.15 bits per heavy atom. The minimum atomic E-state index is -0.524. The largest absolute Gasteiger partial charge is 0.484 e. The van der Waals surface area contributed by atoms with Crippen LogP contribution >= 0.6 is 0 Å². The maximum atomic E-state index is 12.1. The van der Waals surface area contributed by atoms with Gasteiger partial charge in [-0.2, -0.15) is 0 Å². The summed E-state index contributed by atoms with van der Waals surface area (Å²) in [5, 5.41) is 3.05. The summed E-state index contributed by atoms with van der Waals surface area (Å²) in [7, 11) is 0. The molecule has 0 aliphatic heterocycles. The zero-order chi connectivity index (χ0) is 14.4. The smallest absolute Gasteiger partial charge is 0.255 e. The Morgan fingerprint density at radius 3 is 2.40 bits per heavy atom. The first kappa shape index (κ1) is 14.4. The van der Waals surface area contributed by atoms with E-state index in [1.54, 1.807) is 24.3 Å². The van der Waals surface area contributed by atoms with E-state index in [0.717, 1.165) is 12.8 Å². The number of amides is 2. The van der Waals surface area contributed by atoms with Gasteiger partial charge in [0.2, 0.25) is 0 Å². The molecule has 1 aromatic carbocycles. The molecule has 1 aromatic rings. The third-order valence-electron chi connectivity index (χ3n) is 3.44. The Kier molecular flexibility index (Phi) is 4.98. The lowest BCUT2D eigenvalue weighted by Gasteiger charge is -2.22. The van der Waals surface area contributed by atoms with Crippen molar-refractivity contribution in [3.8, 4) is 5.75 Å². The summed E-state index contributed by atoms with van der Waals surface area (Å²) in [4.78, 5) is 22.7. The van der Waals surface area contributed by atoms with Gasteiger partial charge in [-0.05, 0) is 37.1 Å². The van der Waals surface area contributed by atoms with Crippen molar-refractivity contribution in [1.29, 1.82) is 0 Å².